The molecule has 0 radical (unpaired) electrons. The van der Waals surface area contributed by atoms with Crippen molar-refractivity contribution >= 4 is 35.0 Å². The van der Waals surface area contributed by atoms with E-state index in [-0.39, 0.29) is 36.1 Å². The van der Waals surface area contributed by atoms with E-state index in [9.17, 15) is 18.8 Å². The highest BCUT2D eigenvalue weighted by Gasteiger charge is 2.72. The Morgan fingerprint density at radius 1 is 1.07 bits per heavy atom. The number of rotatable bonds is 6. The van der Waals surface area contributed by atoms with E-state index in [0.717, 1.165) is 19.3 Å². The Bertz CT molecular complexity index is 1350. The number of halogens is 2. The quantitative estimate of drug-likeness (QED) is 0.497. The third-order valence-electron chi connectivity index (χ3n) is 9.34. The molecular formula is C31H33ClFN3O4. The van der Waals surface area contributed by atoms with Crippen molar-refractivity contribution in [2.24, 2.45) is 23.7 Å². The van der Waals surface area contributed by atoms with Crippen molar-refractivity contribution < 1.29 is 23.5 Å². The van der Waals surface area contributed by atoms with Gasteiger partial charge >= 0.3 is 0 Å². The largest absolute Gasteiger partial charge is 0.359 e. The third kappa shape index (κ3) is 4.51. The number of likely N-dealkylation sites (tertiary alicyclic amines) is 1. The van der Waals surface area contributed by atoms with Gasteiger partial charge in [0.05, 0.1) is 17.9 Å². The van der Waals surface area contributed by atoms with E-state index < -0.39 is 29.6 Å². The van der Waals surface area contributed by atoms with Crippen LogP contribution in [0.3, 0.4) is 0 Å². The highest BCUT2D eigenvalue weighted by Crippen LogP contribution is 2.55. The van der Waals surface area contributed by atoms with Crippen LogP contribution < -0.4 is 10.6 Å². The molecule has 2 bridgehead atoms. The Morgan fingerprint density at radius 3 is 2.52 bits per heavy atom. The lowest BCUT2D eigenvalue weighted by molar-refractivity contribution is -0.142. The molecule has 3 aliphatic heterocycles. The predicted octanol–water partition coefficient (Wildman–Crippen LogP) is 4.71. The second-order valence-electron chi connectivity index (χ2n) is 11.7. The van der Waals surface area contributed by atoms with Crippen molar-refractivity contribution in [3.8, 4) is 0 Å². The average molecular weight is 566 g/mol. The first kappa shape index (κ1) is 27.0. The van der Waals surface area contributed by atoms with Crippen LogP contribution >= 0.6 is 11.6 Å². The molecule has 9 heteroatoms. The summed E-state index contributed by atoms with van der Waals surface area (Å²) >= 11 is 5.99. The molecule has 2 N–H and O–H groups in total. The van der Waals surface area contributed by atoms with Crippen LogP contribution in [0.5, 0.6) is 0 Å². The molecule has 6 rings (SSSR count). The fourth-order valence-corrected chi connectivity index (χ4v) is 7.16. The van der Waals surface area contributed by atoms with Gasteiger partial charge < -0.3 is 20.3 Å². The van der Waals surface area contributed by atoms with Crippen LogP contribution in [0.25, 0.3) is 0 Å². The predicted molar refractivity (Wildman–Crippen MR) is 149 cm³/mol. The summed E-state index contributed by atoms with van der Waals surface area (Å²) < 4.78 is 20.1. The molecule has 40 heavy (non-hydrogen) atoms. The first-order valence-electron chi connectivity index (χ1n) is 14.0. The first-order chi connectivity index (χ1) is 19.2. The normalized spacial score (nSPS) is 34.1. The number of hydrogen-bond donors (Lipinski definition) is 2. The lowest BCUT2D eigenvalue weighted by Gasteiger charge is -2.38. The minimum absolute atomic E-state index is 0.0129. The molecule has 210 valence electrons. The van der Waals surface area contributed by atoms with Gasteiger partial charge in [-0.2, -0.15) is 0 Å². The summed E-state index contributed by atoms with van der Waals surface area (Å²) in [5.74, 6) is -2.25. The summed E-state index contributed by atoms with van der Waals surface area (Å²) in [4.78, 5) is 43.3. The number of amides is 3. The van der Waals surface area contributed by atoms with Gasteiger partial charge in [0.1, 0.15) is 17.5 Å². The second kappa shape index (κ2) is 10.3. The first-order valence-corrected chi connectivity index (χ1v) is 14.3. The number of nitrogens with zero attached hydrogens (tertiary/aromatic N) is 1. The highest BCUT2D eigenvalue weighted by molar-refractivity contribution is 6.30. The molecule has 2 aromatic rings. The lowest BCUT2D eigenvalue weighted by atomic mass is 9.73. The maximum Gasteiger partial charge on any atom is 0.246 e. The van der Waals surface area contributed by atoms with E-state index in [4.69, 9.17) is 16.3 Å². The van der Waals surface area contributed by atoms with Crippen LogP contribution in [0.1, 0.15) is 38.7 Å². The summed E-state index contributed by atoms with van der Waals surface area (Å²) in [5.41, 5.74) is -0.0278. The van der Waals surface area contributed by atoms with Gasteiger partial charge in [-0.1, -0.05) is 62.6 Å². The number of nitrogens with one attached hydrogen (secondary N) is 2. The summed E-state index contributed by atoms with van der Waals surface area (Å²) in [5, 5.41) is 6.68. The van der Waals surface area contributed by atoms with Gasteiger partial charge in [-0.15, -0.1) is 0 Å². The molecular weight excluding hydrogens is 533 g/mol. The molecule has 3 fully saturated rings. The summed E-state index contributed by atoms with van der Waals surface area (Å²) in [7, 11) is 0. The Balaban J connectivity index is 1.32. The summed E-state index contributed by atoms with van der Waals surface area (Å²) in [6.45, 7) is 4.45. The van der Waals surface area contributed by atoms with E-state index >= 15 is 0 Å². The zero-order valence-electron chi connectivity index (χ0n) is 22.5. The second-order valence-corrected chi connectivity index (χ2v) is 12.1. The van der Waals surface area contributed by atoms with Gasteiger partial charge in [-0.05, 0) is 60.2 Å². The van der Waals surface area contributed by atoms with Gasteiger partial charge in [0.2, 0.25) is 17.7 Å². The number of carbonyl (C=O) groups is 3. The number of fused-ring (bicyclic) bond motifs is 1. The van der Waals surface area contributed by atoms with Crippen LogP contribution in [0.2, 0.25) is 5.02 Å². The molecule has 3 amide bonds. The van der Waals surface area contributed by atoms with Gasteiger partial charge in [0, 0.05) is 23.3 Å². The van der Waals surface area contributed by atoms with E-state index in [1.165, 1.54) is 17.0 Å². The molecule has 3 heterocycles. The number of hydrogen-bond acceptors (Lipinski definition) is 4. The maximum absolute atomic E-state index is 14.1. The Kier molecular flexibility index (Phi) is 6.95. The SMILES string of the molecule is CC1CCCC(NC(=O)C2N(Cc3ccc(F)cc3)C(=O)C3C(C(=O)Nc4ccc(Cl)cc4)C4C=CC32O4)C1C. The minimum Gasteiger partial charge on any atom is -0.359 e. The molecule has 1 saturated carbocycles. The maximum atomic E-state index is 14.1. The Morgan fingerprint density at radius 2 is 1.80 bits per heavy atom. The standard InChI is InChI=1S/C31H33ClFN3O4/c1-17-4-3-5-23(18(17)2)35-29(38)27-31-15-14-24(40-31)25(28(37)34-22-12-8-20(32)9-13-22)26(31)30(39)36(27)16-19-6-10-21(33)11-7-19/h6-15,17-18,23-27H,3-5,16H2,1-2H3,(H,34,37)(H,35,38). The molecule has 1 aliphatic carbocycles. The Labute approximate surface area is 238 Å². The molecule has 8 atom stereocenters. The fraction of sp³-hybridized carbons (Fsp3) is 0.452. The monoisotopic (exact) mass is 565 g/mol. The number of benzene rings is 2. The van der Waals surface area contributed by atoms with Gasteiger partial charge in [0.15, 0.2) is 0 Å². The zero-order chi connectivity index (χ0) is 28.2. The zero-order valence-corrected chi connectivity index (χ0v) is 23.2. The van der Waals surface area contributed by atoms with Crippen molar-refractivity contribution in [1.29, 1.82) is 0 Å². The number of carbonyl (C=O) groups excluding carboxylic acids is 3. The molecule has 2 aromatic carbocycles. The molecule has 8 unspecified atom stereocenters. The van der Waals surface area contributed by atoms with Crippen LogP contribution in [-0.2, 0) is 25.7 Å². The lowest BCUT2D eigenvalue weighted by Crippen LogP contribution is -2.57. The fourth-order valence-electron chi connectivity index (χ4n) is 7.03. The van der Waals surface area contributed by atoms with E-state index in [1.807, 2.05) is 0 Å². The van der Waals surface area contributed by atoms with Crippen molar-refractivity contribution in [2.45, 2.75) is 63.4 Å². The number of ether oxygens (including phenoxy) is 1. The molecule has 2 saturated heterocycles. The van der Waals surface area contributed by atoms with Crippen LogP contribution in [0, 0.1) is 29.5 Å². The summed E-state index contributed by atoms with van der Waals surface area (Å²) in [6.07, 6.45) is 5.99. The van der Waals surface area contributed by atoms with E-state index in [1.54, 1.807) is 48.6 Å². The van der Waals surface area contributed by atoms with Crippen molar-refractivity contribution in [3.63, 3.8) is 0 Å². The molecule has 1 spiro atoms. The van der Waals surface area contributed by atoms with Crippen LogP contribution in [0.15, 0.2) is 60.7 Å². The van der Waals surface area contributed by atoms with E-state index in [0.29, 0.717) is 28.1 Å². The van der Waals surface area contributed by atoms with Gasteiger partial charge in [0.25, 0.3) is 0 Å². The smallest absolute Gasteiger partial charge is 0.246 e. The van der Waals surface area contributed by atoms with Crippen molar-refractivity contribution in [2.75, 3.05) is 5.32 Å². The molecule has 7 nitrogen and oxygen atoms in total. The molecule has 4 aliphatic rings. The summed E-state index contributed by atoms with van der Waals surface area (Å²) in [6, 6.07) is 11.6. The Hall–Kier alpha value is -3.23. The van der Waals surface area contributed by atoms with E-state index in [2.05, 4.69) is 24.5 Å². The third-order valence-corrected chi connectivity index (χ3v) is 9.59. The molecule has 0 aromatic heterocycles. The average Bonchev–Trinajstić information content (AvgIpc) is 3.57. The van der Waals surface area contributed by atoms with Crippen LogP contribution in [-0.4, -0.2) is 46.4 Å². The van der Waals surface area contributed by atoms with Crippen LogP contribution in [0.4, 0.5) is 10.1 Å². The van der Waals surface area contributed by atoms with Gasteiger partial charge in [-0.3, -0.25) is 14.4 Å². The van der Waals surface area contributed by atoms with Crippen molar-refractivity contribution in [1.82, 2.24) is 10.2 Å². The van der Waals surface area contributed by atoms with Gasteiger partial charge in [-0.25, -0.2) is 4.39 Å². The highest BCUT2D eigenvalue weighted by atomic mass is 35.5. The minimum atomic E-state index is -1.27. The van der Waals surface area contributed by atoms with Crippen molar-refractivity contribution in [3.05, 3.63) is 77.1 Å². The topological polar surface area (TPSA) is 87.7 Å². The number of anilines is 1.